The van der Waals surface area contributed by atoms with Crippen molar-refractivity contribution in [3.63, 3.8) is 0 Å². The van der Waals surface area contributed by atoms with Crippen molar-refractivity contribution in [3.05, 3.63) is 63.9 Å². The number of thiazole rings is 1. The number of nitriles is 1. The van der Waals surface area contributed by atoms with Crippen LogP contribution in [0, 0.1) is 11.3 Å². The molecule has 3 rings (SSSR count). The number of methoxy groups -OCH3 is 1. The summed E-state index contributed by atoms with van der Waals surface area (Å²) in [4.78, 5) is 4.50. The van der Waals surface area contributed by atoms with Gasteiger partial charge in [0.1, 0.15) is 11.8 Å². The Morgan fingerprint density at radius 3 is 2.76 bits per heavy atom. The molecule has 0 bridgehead atoms. The molecule has 0 amide bonds. The van der Waals surface area contributed by atoms with Crippen LogP contribution < -0.4 is 10.2 Å². The predicted molar refractivity (Wildman–Crippen MR) is 101 cm³/mol. The van der Waals surface area contributed by atoms with E-state index >= 15 is 0 Å². The molecule has 5 nitrogen and oxygen atoms in total. The molecule has 0 unspecified atom stereocenters. The largest absolute Gasteiger partial charge is 0.497 e. The molecule has 0 atom stereocenters. The lowest BCUT2D eigenvalue weighted by molar-refractivity contribution is 0.415. The molecule has 0 aliphatic carbocycles. The maximum atomic E-state index is 9.36. The molecule has 0 radical (unpaired) electrons. The van der Waals surface area contributed by atoms with Crippen molar-refractivity contribution < 1.29 is 4.74 Å². The summed E-state index contributed by atoms with van der Waals surface area (Å²) < 4.78 is 5.15. The maximum absolute atomic E-state index is 9.36. The van der Waals surface area contributed by atoms with E-state index in [1.165, 1.54) is 11.3 Å². The molecule has 0 aliphatic rings. The summed E-state index contributed by atoms with van der Waals surface area (Å²) in [5.41, 5.74) is 5.48. The van der Waals surface area contributed by atoms with E-state index in [-0.39, 0.29) is 5.71 Å². The Labute approximate surface area is 154 Å². The Bertz CT molecular complexity index is 944. The highest BCUT2D eigenvalue weighted by molar-refractivity contribution is 7.12. The zero-order valence-electron chi connectivity index (χ0n) is 13.2. The van der Waals surface area contributed by atoms with Crippen LogP contribution in [0.5, 0.6) is 5.75 Å². The SMILES string of the molecule is COc1ccc(-c2csc(C(C#N)=NNc3cccc(Cl)c3)n2)cc1. The average Bonchev–Trinajstić information content (AvgIpc) is 3.12. The number of nitrogens with one attached hydrogen (secondary N) is 1. The van der Waals surface area contributed by atoms with Crippen molar-refractivity contribution in [2.75, 3.05) is 12.5 Å². The second kappa shape index (κ2) is 7.79. The van der Waals surface area contributed by atoms with Crippen molar-refractivity contribution in [1.82, 2.24) is 4.98 Å². The van der Waals surface area contributed by atoms with Gasteiger partial charge in [0.2, 0.25) is 0 Å². The molecular formula is C18H13ClN4OS. The van der Waals surface area contributed by atoms with Gasteiger partial charge in [-0.1, -0.05) is 17.7 Å². The number of ether oxygens (including phenoxy) is 1. The molecule has 7 heteroatoms. The summed E-state index contributed by atoms with van der Waals surface area (Å²) in [5, 5.41) is 16.5. The topological polar surface area (TPSA) is 70.3 Å². The Hall–Kier alpha value is -2.88. The van der Waals surface area contributed by atoms with Crippen LogP contribution in [0.25, 0.3) is 11.3 Å². The molecule has 0 fully saturated rings. The number of hydrazone groups is 1. The molecule has 2 aromatic carbocycles. The lowest BCUT2D eigenvalue weighted by Crippen LogP contribution is -2.01. The van der Waals surface area contributed by atoms with Gasteiger partial charge in [-0.2, -0.15) is 10.4 Å². The van der Waals surface area contributed by atoms with E-state index in [4.69, 9.17) is 16.3 Å². The fourth-order valence-electron chi connectivity index (χ4n) is 2.08. The van der Waals surface area contributed by atoms with Crippen molar-refractivity contribution in [2.45, 2.75) is 0 Å². The number of aromatic nitrogens is 1. The van der Waals surface area contributed by atoms with Gasteiger partial charge in [0.15, 0.2) is 10.7 Å². The normalized spacial score (nSPS) is 11.0. The van der Waals surface area contributed by atoms with Crippen LogP contribution in [0.2, 0.25) is 5.02 Å². The van der Waals surface area contributed by atoms with E-state index in [0.29, 0.717) is 15.7 Å². The van der Waals surface area contributed by atoms with E-state index < -0.39 is 0 Å². The summed E-state index contributed by atoms with van der Waals surface area (Å²) in [7, 11) is 1.62. The fourth-order valence-corrected chi connectivity index (χ4v) is 3.03. The Morgan fingerprint density at radius 1 is 1.28 bits per heavy atom. The monoisotopic (exact) mass is 368 g/mol. The maximum Gasteiger partial charge on any atom is 0.196 e. The molecule has 1 N–H and O–H groups in total. The van der Waals surface area contributed by atoms with Gasteiger partial charge < -0.3 is 4.74 Å². The first-order valence-electron chi connectivity index (χ1n) is 7.29. The van der Waals surface area contributed by atoms with Gasteiger partial charge >= 0.3 is 0 Å². The molecule has 0 saturated heterocycles. The van der Waals surface area contributed by atoms with Crippen LogP contribution in [-0.4, -0.2) is 17.8 Å². The molecule has 124 valence electrons. The van der Waals surface area contributed by atoms with Gasteiger partial charge in [0.05, 0.1) is 18.5 Å². The third-order valence-corrected chi connectivity index (χ3v) is 4.40. The standard InChI is InChI=1S/C18H13ClN4OS/c1-24-15-7-5-12(6-8-15)17-11-25-18(21-17)16(10-20)23-22-14-4-2-3-13(19)9-14/h2-9,11,22H,1H3. The number of anilines is 1. The van der Waals surface area contributed by atoms with Crippen LogP contribution in [-0.2, 0) is 0 Å². The van der Waals surface area contributed by atoms with E-state index in [1.54, 1.807) is 25.3 Å². The number of nitrogens with zero attached hydrogens (tertiary/aromatic N) is 3. The molecule has 3 aromatic rings. The van der Waals surface area contributed by atoms with Crippen molar-refractivity contribution in [1.29, 1.82) is 5.26 Å². The van der Waals surface area contributed by atoms with Crippen molar-refractivity contribution >= 4 is 34.3 Å². The highest BCUT2D eigenvalue weighted by atomic mass is 35.5. The molecule has 1 aromatic heterocycles. The smallest absolute Gasteiger partial charge is 0.196 e. The molecule has 0 spiro atoms. The zero-order chi connectivity index (χ0) is 17.6. The number of hydrogen-bond acceptors (Lipinski definition) is 6. The molecule has 0 saturated carbocycles. The van der Waals surface area contributed by atoms with E-state index in [2.05, 4.69) is 21.6 Å². The van der Waals surface area contributed by atoms with Gasteiger partial charge in [-0.15, -0.1) is 11.3 Å². The van der Waals surface area contributed by atoms with Crippen LogP contribution in [0.4, 0.5) is 5.69 Å². The van der Waals surface area contributed by atoms with Crippen LogP contribution in [0.15, 0.2) is 59.0 Å². The van der Waals surface area contributed by atoms with Gasteiger partial charge in [-0.3, -0.25) is 5.43 Å². The van der Waals surface area contributed by atoms with Crippen molar-refractivity contribution in [2.24, 2.45) is 5.10 Å². The summed E-state index contributed by atoms with van der Waals surface area (Å²) >= 11 is 7.29. The minimum atomic E-state index is 0.213. The molecule has 1 heterocycles. The Balaban J connectivity index is 1.81. The number of halogens is 1. The minimum Gasteiger partial charge on any atom is -0.497 e. The quantitative estimate of drug-likeness (QED) is 0.518. The van der Waals surface area contributed by atoms with Crippen LogP contribution in [0.1, 0.15) is 5.01 Å². The van der Waals surface area contributed by atoms with Crippen LogP contribution >= 0.6 is 22.9 Å². The number of rotatable bonds is 5. The van der Waals surface area contributed by atoms with Gasteiger partial charge in [-0.05, 0) is 42.5 Å². The second-order valence-corrected chi connectivity index (χ2v) is 6.26. The summed E-state index contributed by atoms with van der Waals surface area (Å²) in [6.07, 6.45) is 0. The van der Waals surface area contributed by atoms with Gasteiger partial charge in [0.25, 0.3) is 0 Å². The summed E-state index contributed by atoms with van der Waals surface area (Å²) in [6, 6.07) is 16.8. The number of benzene rings is 2. The Morgan fingerprint density at radius 2 is 2.08 bits per heavy atom. The first-order chi connectivity index (χ1) is 12.2. The third kappa shape index (κ3) is 4.15. The third-order valence-electron chi connectivity index (χ3n) is 3.32. The molecule has 25 heavy (non-hydrogen) atoms. The Kier molecular flexibility index (Phi) is 5.29. The zero-order valence-corrected chi connectivity index (χ0v) is 14.8. The predicted octanol–water partition coefficient (Wildman–Crippen LogP) is 4.81. The van der Waals surface area contributed by atoms with Crippen molar-refractivity contribution in [3.8, 4) is 23.1 Å². The second-order valence-electron chi connectivity index (χ2n) is 4.96. The van der Waals surface area contributed by atoms with Gasteiger partial charge in [-0.25, -0.2) is 4.98 Å². The first-order valence-corrected chi connectivity index (χ1v) is 8.55. The lowest BCUT2D eigenvalue weighted by atomic mass is 10.2. The lowest BCUT2D eigenvalue weighted by Gasteiger charge is -2.01. The first kappa shape index (κ1) is 17.0. The molecular weight excluding hydrogens is 356 g/mol. The minimum absolute atomic E-state index is 0.213. The summed E-state index contributed by atoms with van der Waals surface area (Å²) in [6.45, 7) is 0. The highest BCUT2D eigenvalue weighted by Gasteiger charge is 2.10. The van der Waals surface area contributed by atoms with E-state index in [1.807, 2.05) is 35.7 Å². The summed E-state index contributed by atoms with van der Waals surface area (Å²) in [5.74, 6) is 0.782. The highest BCUT2D eigenvalue weighted by Crippen LogP contribution is 2.24. The van der Waals surface area contributed by atoms with E-state index in [0.717, 1.165) is 17.0 Å². The van der Waals surface area contributed by atoms with Crippen LogP contribution in [0.3, 0.4) is 0 Å². The molecule has 0 aliphatic heterocycles. The number of hydrogen-bond donors (Lipinski definition) is 1. The fraction of sp³-hybridized carbons (Fsp3) is 0.0556. The van der Waals surface area contributed by atoms with Gasteiger partial charge in [0, 0.05) is 16.0 Å². The van der Waals surface area contributed by atoms with E-state index in [9.17, 15) is 5.26 Å². The average molecular weight is 369 g/mol.